The van der Waals surface area contributed by atoms with Gasteiger partial charge in [0.25, 0.3) is 0 Å². The topological polar surface area (TPSA) is 88.1 Å². The Morgan fingerprint density at radius 2 is 2.53 bits per heavy atom. The third kappa shape index (κ3) is 1.99. The molecule has 0 amide bonds. The molecule has 2 rings (SSSR count). The van der Waals surface area contributed by atoms with Gasteiger partial charge in [-0.1, -0.05) is 0 Å². The minimum atomic E-state index is -0.426. The molecule has 1 aliphatic rings. The molecule has 0 saturated heterocycles. The second kappa shape index (κ2) is 4.73. The van der Waals surface area contributed by atoms with E-state index in [0.29, 0.717) is 30.3 Å². The van der Waals surface area contributed by atoms with E-state index in [1.54, 1.807) is 6.92 Å². The number of fused-ring (bicyclic) bond motifs is 1. The largest absolute Gasteiger partial charge is 0.462 e. The van der Waals surface area contributed by atoms with Crippen LogP contribution < -0.4 is 11.1 Å². The summed E-state index contributed by atoms with van der Waals surface area (Å²) >= 11 is 1.35. The zero-order chi connectivity index (χ0) is 12.4. The number of carbonyl (C=O) groups is 1. The lowest BCUT2D eigenvalue weighted by Gasteiger charge is -2.18. The van der Waals surface area contributed by atoms with Crippen molar-refractivity contribution < 1.29 is 9.53 Å². The minimum absolute atomic E-state index is 0.304. The Morgan fingerprint density at radius 3 is 3.18 bits per heavy atom. The van der Waals surface area contributed by atoms with Gasteiger partial charge in [0.05, 0.1) is 24.2 Å². The zero-order valence-corrected chi connectivity index (χ0v) is 10.3. The monoisotopic (exact) mass is 251 g/mol. The van der Waals surface area contributed by atoms with Gasteiger partial charge in [0.2, 0.25) is 0 Å². The maximum atomic E-state index is 11.8. The lowest BCUT2D eigenvalue weighted by Crippen LogP contribution is -2.27. The molecule has 2 heterocycles. The van der Waals surface area contributed by atoms with E-state index < -0.39 is 5.97 Å². The number of nitrogens with one attached hydrogen (secondary N) is 1. The van der Waals surface area contributed by atoms with Crippen molar-refractivity contribution in [2.24, 2.45) is 0 Å². The predicted octanol–water partition coefficient (Wildman–Crippen LogP) is 1.22. The van der Waals surface area contributed by atoms with E-state index in [4.69, 9.17) is 15.7 Å². The van der Waals surface area contributed by atoms with Gasteiger partial charge >= 0.3 is 5.97 Å². The Balaban J connectivity index is 2.49. The highest BCUT2D eigenvalue weighted by atomic mass is 32.1. The molecule has 0 bridgehead atoms. The number of rotatable bonds is 2. The fourth-order valence-corrected chi connectivity index (χ4v) is 3.06. The zero-order valence-electron chi connectivity index (χ0n) is 9.45. The summed E-state index contributed by atoms with van der Waals surface area (Å²) < 4.78 is 4.98. The maximum absolute atomic E-state index is 11.8. The first-order valence-corrected chi connectivity index (χ1v) is 6.19. The highest BCUT2D eigenvalue weighted by Crippen LogP contribution is 2.38. The first kappa shape index (κ1) is 11.9. The van der Waals surface area contributed by atoms with Crippen molar-refractivity contribution in [1.29, 1.82) is 5.26 Å². The van der Waals surface area contributed by atoms with Crippen LogP contribution in [-0.4, -0.2) is 19.1 Å². The molecular weight excluding hydrogens is 238 g/mol. The highest BCUT2D eigenvalue weighted by molar-refractivity contribution is 7.16. The van der Waals surface area contributed by atoms with Crippen LogP contribution in [-0.2, 0) is 11.3 Å². The average molecular weight is 251 g/mol. The summed E-state index contributed by atoms with van der Waals surface area (Å²) in [5.41, 5.74) is 7.00. The molecule has 1 unspecified atom stereocenters. The number of nitrogens with two attached hydrogens (primary N) is 1. The van der Waals surface area contributed by atoms with Gasteiger partial charge in [0.1, 0.15) is 5.00 Å². The lowest BCUT2D eigenvalue weighted by molar-refractivity contribution is 0.0526. The minimum Gasteiger partial charge on any atom is -0.462 e. The quantitative estimate of drug-likeness (QED) is 0.771. The average Bonchev–Trinajstić information content (AvgIpc) is 2.65. The second-order valence-corrected chi connectivity index (χ2v) is 4.85. The summed E-state index contributed by atoms with van der Waals surface area (Å²) in [6.45, 7) is 3.25. The normalized spacial score (nSPS) is 18.2. The molecule has 6 heteroatoms. The molecule has 3 N–H and O–H groups in total. The predicted molar refractivity (Wildman–Crippen MR) is 64.7 cm³/mol. The third-order valence-electron chi connectivity index (χ3n) is 2.67. The number of nitrogen functional groups attached to an aromatic ring is 1. The van der Waals surface area contributed by atoms with Crippen molar-refractivity contribution >= 4 is 22.3 Å². The van der Waals surface area contributed by atoms with E-state index in [9.17, 15) is 4.79 Å². The first-order chi connectivity index (χ1) is 8.19. The highest BCUT2D eigenvalue weighted by Gasteiger charge is 2.31. The van der Waals surface area contributed by atoms with Crippen molar-refractivity contribution in [3.05, 3.63) is 16.0 Å². The molecule has 0 saturated carbocycles. The van der Waals surface area contributed by atoms with Crippen molar-refractivity contribution in [3.8, 4) is 6.07 Å². The summed E-state index contributed by atoms with van der Waals surface area (Å²) in [5.74, 6) is -0.753. The van der Waals surface area contributed by atoms with Crippen LogP contribution in [0.1, 0.15) is 33.6 Å². The van der Waals surface area contributed by atoms with Crippen LogP contribution >= 0.6 is 11.3 Å². The smallest absolute Gasteiger partial charge is 0.341 e. The molecule has 1 atom stereocenters. The van der Waals surface area contributed by atoms with Gasteiger partial charge in [0, 0.05) is 23.5 Å². The van der Waals surface area contributed by atoms with Crippen LogP contribution in [0.4, 0.5) is 5.00 Å². The number of nitriles is 1. The van der Waals surface area contributed by atoms with Gasteiger partial charge < -0.3 is 15.8 Å². The number of esters is 1. The fourth-order valence-electron chi connectivity index (χ4n) is 1.97. The third-order valence-corrected chi connectivity index (χ3v) is 3.70. The van der Waals surface area contributed by atoms with Crippen LogP contribution in [0.3, 0.4) is 0 Å². The van der Waals surface area contributed by atoms with E-state index in [-0.39, 0.29) is 5.92 Å². The van der Waals surface area contributed by atoms with Crippen molar-refractivity contribution in [2.45, 2.75) is 19.4 Å². The van der Waals surface area contributed by atoms with E-state index in [2.05, 4.69) is 11.4 Å². The van der Waals surface area contributed by atoms with Gasteiger partial charge in [-0.25, -0.2) is 4.79 Å². The maximum Gasteiger partial charge on any atom is 0.341 e. The van der Waals surface area contributed by atoms with E-state index >= 15 is 0 Å². The Morgan fingerprint density at radius 1 is 1.76 bits per heavy atom. The number of nitrogens with zero attached hydrogens (tertiary/aromatic N) is 1. The number of hydrogen-bond donors (Lipinski definition) is 2. The first-order valence-electron chi connectivity index (χ1n) is 5.37. The van der Waals surface area contributed by atoms with Crippen LogP contribution in [0.15, 0.2) is 0 Å². The van der Waals surface area contributed by atoms with Crippen LogP contribution in [0.25, 0.3) is 0 Å². The molecule has 17 heavy (non-hydrogen) atoms. The molecule has 1 aromatic heterocycles. The van der Waals surface area contributed by atoms with Gasteiger partial charge in [0.15, 0.2) is 0 Å². The molecule has 90 valence electrons. The molecule has 0 aromatic carbocycles. The fraction of sp³-hybridized carbons (Fsp3) is 0.455. The molecule has 0 spiro atoms. The molecule has 0 fully saturated rings. The van der Waals surface area contributed by atoms with Crippen molar-refractivity contribution in [1.82, 2.24) is 5.32 Å². The van der Waals surface area contributed by atoms with E-state index in [1.165, 1.54) is 11.3 Å². The van der Waals surface area contributed by atoms with Crippen LogP contribution in [0.5, 0.6) is 0 Å². The Kier molecular flexibility index (Phi) is 3.31. The van der Waals surface area contributed by atoms with E-state index in [0.717, 1.165) is 10.4 Å². The summed E-state index contributed by atoms with van der Waals surface area (Å²) in [4.78, 5) is 12.8. The molecule has 1 aromatic rings. The molecule has 5 nitrogen and oxygen atoms in total. The lowest BCUT2D eigenvalue weighted by atomic mass is 9.93. The molecule has 0 radical (unpaired) electrons. The van der Waals surface area contributed by atoms with Gasteiger partial charge in [-0.2, -0.15) is 5.26 Å². The summed E-state index contributed by atoms with van der Waals surface area (Å²) in [7, 11) is 0. The second-order valence-electron chi connectivity index (χ2n) is 3.71. The SMILES string of the molecule is CCOC(=O)c1c(N)sc2c1C(C#N)CNC2. The summed E-state index contributed by atoms with van der Waals surface area (Å²) in [6, 6.07) is 2.19. The standard InChI is InChI=1S/C11H13N3O2S/c1-2-16-11(15)9-8-6(3-12)4-14-5-7(8)17-10(9)13/h6,14H,2,4-5,13H2,1H3. The number of carbonyl (C=O) groups excluding carboxylic acids is 1. The summed E-state index contributed by atoms with van der Waals surface area (Å²) in [6.07, 6.45) is 0. The van der Waals surface area contributed by atoms with Crippen molar-refractivity contribution in [2.75, 3.05) is 18.9 Å². The summed E-state index contributed by atoms with van der Waals surface area (Å²) in [5, 5.41) is 12.7. The van der Waals surface area contributed by atoms with Crippen molar-refractivity contribution in [3.63, 3.8) is 0 Å². The van der Waals surface area contributed by atoms with E-state index in [1.807, 2.05) is 0 Å². The van der Waals surface area contributed by atoms with Crippen LogP contribution in [0, 0.1) is 11.3 Å². The van der Waals surface area contributed by atoms with Crippen LogP contribution in [0.2, 0.25) is 0 Å². The number of ether oxygens (including phenoxy) is 1. The van der Waals surface area contributed by atoms with Gasteiger partial charge in [-0.15, -0.1) is 11.3 Å². The molecular formula is C11H13N3O2S. The Bertz CT molecular complexity index is 490. The Hall–Kier alpha value is -1.58. The number of thiophene rings is 1. The number of anilines is 1. The Labute approximate surface area is 103 Å². The van der Waals surface area contributed by atoms with Gasteiger partial charge in [-0.3, -0.25) is 0 Å². The number of hydrogen-bond acceptors (Lipinski definition) is 6. The van der Waals surface area contributed by atoms with Gasteiger partial charge in [-0.05, 0) is 6.92 Å². The molecule has 0 aliphatic carbocycles. The molecule has 1 aliphatic heterocycles.